The summed E-state index contributed by atoms with van der Waals surface area (Å²) in [6.45, 7) is 0. The number of rotatable bonds is 3. The molecule has 4 aromatic heterocycles. The van der Waals surface area contributed by atoms with Gasteiger partial charge in [-0.25, -0.2) is 0 Å². The third-order valence-corrected chi connectivity index (χ3v) is 3.72. The Kier molecular flexibility index (Phi) is 3.78. The van der Waals surface area contributed by atoms with Crippen LogP contribution in [-0.4, -0.2) is 19.9 Å². The predicted molar refractivity (Wildman–Crippen MR) is 93.9 cm³/mol. The highest BCUT2D eigenvalue weighted by Crippen LogP contribution is 2.29. The predicted octanol–water partition coefficient (Wildman–Crippen LogP) is 4.27. The molecule has 0 amide bonds. The van der Waals surface area contributed by atoms with Crippen LogP contribution in [0.4, 0.5) is 0 Å². The molecule has 4 nitrogen and oxygen atoms in total. The molecule has 24 heavy (non-hydrogen) atoms. The summed E-state index contributed by atoms with van der Waals surface area (Å²) < 4.78 is 0. The fourth-order valence-electron chi connectivity index (χ4n) is 2.56. The average molecular weight is 310 g/mol. The number of hydrogen-bond acceptors (Lipinski definition) is 4. The van der Waals surface area contributed by atoms with Crippen LogP contribution in [0.2, 0.25) is 0 Å². The molecule has 0 atom stereocenters. The summed E-state index contributed by atoms with van der Waals surface area (Å²) in [6, 6.07) is 19.6. The van der Waals surface area contributed by atoms with Gasteiger partial charge >= 0.3 is 0 Å². The van der Waals surface area contributed by atoms with Gasteiger partial charge in [-0.05, 0) is 36.4 Å². The Morgan fingerprint density at radius 2 is 1.21 bits per heavy atom. The van der Waals surface area contributed by atoms with E-state index >= 15 is 0 Å². The Bertz CT molecular complexity index is 936. The van der Waals surface area contributed by atoms with Gasteiger partial charge in [0.05, 0.1) is 22.8 Å². The quantitative estimate of drug-likeness (QED) is 0.567. The van der Waals surface area contributed by atoms with E-state index in [1.165, 1.54) is 0 Å². The molecule has 0 saturated heterocycles. The van der Waals surface area contributed by atoms with E-state index in [4.69, 9.17) is 0 Å². The number of nitrogens with zero attached hydrogens (tertiary/aromatic N) is 4. The zero-order chi connectivity index (χ0) is 16.2. The van der Waals surface area contributed by atoms with Gasteiger partial charge in [-0.3, -0.25) is 19.9 Å². The van der Waals surface area contributed by atoms with Gasteiger partial charge in [0.2, 0.25) is 0 Å². The number of hydrogen-bond donors (Lipinski definition) is 0. The summed E-state index contributed by atoms with van der Waals surface area (Å²) in [6.07, 6.45) is 7.18. The van der Waals surface area contributed by atoms with Gasteiger partial charge in [-0.1, -0.05) is 24.3 Å². The molecule has 0 radical (unpaired) electrons. The van der Waals surface area contributed by atoms with Crippen LogP contribution in [0.25, 0.3) is 33.9 Å². The second kappa shape index (κ2) is 6.38. The Morgan fingerprint density at radius 3 is 1.88 bits per heavy atom. The topological polar surface area (TPSA) is 51.6 Å². The van der Waals surface area contributed by atoms with Gasteiger partial charge < -0.3 is 0 Å². The molecule has 4 heterocycles. The Labute approximate surface area is 139 Å². The zero-order valence-electron chi connectivity index (χ0n) is 12.9. The van der Waals surface area contributed by atoms with E-state index in [9.17, 15) is 0 Å². The largest absolute Gasteiger partial charge is 0.255 e. The lowest BCUT2D eigenvalue weighted by atomic mass is 10.0. The van der Waals surface area contributed by atoms with Crippen LogP contribution in [0, 0.1) is 0 Å². The van der Waals surface area contributed by atoms with Crippen molar-refractivity contribution >= 4 is 0 Å². The molecule has 0 saturated carbocycles. The van der Waals surface area contributed by atoms with E-state index < -0.39 is 0 Å². The maximum atomic E-state index is 4.55. The maximum Gasteiger partial charge on any atom is 0.0964 e. The van der Waals surface area contributed by atoms with E-state index in [0.29, 0.717) is 0 Å². The van der Waals surface area contributed by atoms with Gasteiger partial charge in [0.1, 0.15) is 0 Å². The summed E-state index contributed by atoms with van der Waals surface area (Å²) in [5.74, 6) is 0. The summed E-state index contributed by atoms with van der Waals surface area (Å²) in [4.78, 5) is 17.8. The molecule has 4 heteroatoms. The molecular weight excluding hydrogens is 296 g/mol. The molecule has 0 spiro atoms. The van der Waals surface area contributed by atoms with Crippen molar-refractivity contribution in [2.45, 2.75) is 0 Å². The van der Waals surface area contributed by atoms with E-state index in [-0.39, 0.29) is 0 Å². The van der Waals surface area contributed by atoms with Crippen molar-refractivity contribution in [1.82, 2.24) is 19.9 Å². The lowest BCUT2D eigenvalue weighted by Crippen LogP contribution is -1.92. The lowest BCUT2D eigenvalue weighted by Gasteiger charge is -2.08. The maximum absolute atomic E-state index is 4.55. The highest BCUT2D eigenvalue weighted by Gasteiger charge is 2.10. The summed E-state index contributed by atoms with van der Waals surface area (Å²) in [7, 11) is 0. The van der Waals surface area contributed by atoms with Gasteiger partial charge in [-0.2, -0.15) is 0 Å². The van der Waals surface area contributed by atoms with Crippen LogP contribution < -0.4 is 0 Å². The van der Waals surface area contributed by atoms with Crippen molar-refractivity contribution in [3.63, 3.8) is 0 Å². The van der Waals surface area contributed by atoms with Crippen LogP contribution in [0.1, 0.15) is 0 Å². The Hall–Kier alpha value is -3.40. The first-order valence-corrected chi connectivity index (χ1v) is 7.66. The molecule has 0 aliphatic heterocycles. The molecule has 0 aromatic carbocycles. The third-order valence-electron chi connectivity index (χ3n) is 3.72. The van der Waals surface area contributed by atoms with Crippen LogP contribution in [0.3, 0.4) is 0 Å². The fourth-order valence-corrected chi connectivity index (χ4v) is 2.56. The first kappa shape index (κ1) is 14.2. The second-order valence-electron chi connectivity index (χ2n) is 5.26. The average Bonchev–Trinajstić information content (AvgIpc) is 2.69. The molecular formula is C20H14N4. The number of pyridine rings is 4. The first-order chi connectivity index (χ1) is 11.9. The molecule has 0 aliphatic rings. The van der Waals surface area contributed by atoms with E-state index in [2.05, 4.69) is 19.9 Å². The molecule has 114 valence electrons. The van der Waals surface area contributed by atoms with Gasteiger partial charge in [0.25, 0.3) is 0 Å². The van der Waals surface area contributed by atoms with Gasteiger partial charge in [0.15, 0.2) is 0 Å². The van der Waals surface area contributed by atoms with Crippen molar-refractivity contribution in [2.24, 2.45) is 0 Å². The summed E-state index contributed by atoms with van der Waals surface area (Å²) >= 11 is 0. The molecule has 0 bridgehead atoms. The smallest absolute Gasteiger partial charge is 0.0964 e. The van der Waals surface area contributed by atoms with Crippen molar-refractivity contribution < 1.29 is 0 Å². The van der Waals surface area contributed by atoms with Gasteiger partial charge in [-0.15, -0.1) is 0 Å². The molecule has 0 N–H and O–H groups in total. The van der Waals surface area contributed by atoms with Crippen molar-refractivity contribution in [2.75, 3.05) is 0 Å². The normalized spacial score (nSPS) is 10.5. The third kappa shape index (κ3) is 2.77. The van der Waals surface area contributed by atoms with Gasteiger partial charge in [0, 0.05) is 35.9 Å². The Morgan fingerprint density at radius 1 is 0.500 bits per heavy atom. The highest BCUT2D eigenvalue weighted by atomic mass is 14.8. The minimum absolute atomic E-state index is 0.849. The summed E-state index contributed by atoms with van der Waals surface area (Å²) in [5, 5.41) is 0. The van der Waals surface area contributed by atoms with Crippen LogP contribution in [0.15, 0.2) is 85.5 Å². The fraction of sp³-hybridized carbons (Fsp3) is 0. The minimum atomic E-state index is 0.849. The lowest BCUT2D eigenvalue weighted by molar-refractivity contribution is 1.23. The number of aromatic nitrogens is 4. The molecule has 0 aliphatic carbocycles. The SMILES string of the molecule is c1ccc(-c2ccc(-c3cccnc3-c3ccccn3)cn2)nc1. The van der Waals surface area contributed by atoms with E-state index in [1.54, 1.807) is 18.6 Å². The van der Waals surface area contributed by atoms with Crippen molar-refractivity contribution in [3.8, 4) is 33.9 Å². The Balaban J connectivity index is 1.75. The monoisotopic (exact) mass is 310 g/mol. The van der Waals surface area contributed by atoms with E-state index in [1.807, 2.05) is 66.9 Å². The second-order valence-corrected chi connectivity index (χ2v) is 5.26. The highest BCUT2D eigenvalue weighted by molar-refractivity contribution is 5.79. The molecule has 4 rings (SSSR count). The molecule has 0 fully saturated rings. The van der Waals surface area contributed by atoms with Crippen LogP contribution in [0.5, 0.6) is 0 Å². The summed E-state index contributed by atoms with van der Waals surface area (Å²) in [5.41, 5.74) is 5.43. The standard InChI is InChI=1S/C20H14N4/c1-3-11-21-17(7-1)18-10-9-15(14-24-18)16-6-5-13-23-20(16)19-8-2-4-12-22-19/h1-14H. The van der Waals surface area contributed by atoms with Crippen LogP contribution in [-0.2, 0) is 0 Å². The van der Waals surface area contributed by atoms with Crippen molar-refractivity contribution in [1.29, 1.82) is 0 Å². The minimum Gasteiger partial charge on any atom is -0.255 e. The molecule has 4 aromatic rings. The molecule has 0 unspecified atom stereocenters. The first-order valence-electron chi connectivity index (χ1n) is 7.66. The van der Waals surface area contributed by atoms with E-state index in [0.717, 1.165) is 33.9 Å². The zero-order valence-corrected chi connectivity index (χ0v) is 12.9. The van der Waals surface area contributed by atoms with Crippen molar-refractivity contribution in [3.05, 3.63) is 85.5 Å². The van der Waals surface area contributed by atoms with Crippen LogP contribution >= 0.6 is 0 Å².